The largest absolute Gasteiger partial charge is 1.00 e. The van der Waals surface area contributed by atoms with Crippen LogP contribution in [0.4, 0.5) is 0 Å². The molecule has 0 aliphatic heterocycles. The Balaban J connectivity index is 0.00000180. The summed E-state index contributed by atoms with van der Waals surface area (Å²) in [4.78, 5) is -0.0919. The van der Waals surface area contributed by atoms with Crippen LogP contribution in [0.2, 0.25) is 0 Å². The number of benzene rings is 2. The minimum Gasteiger partial charge on any atom is -0.744 e. The molecule has 0 heterocycles. The number of hydrogen-bond acceptors (Lipinski definition) is 3. The number of hydrogen-bond donors (Lipinski definition) is 0. The fraction of sp³-hybridized carbons (Fsp3) is 0.286. The quantitative estimate of drug-likeness (QED) is 0.583. The maximum absolute atomic E-state index is 11.3. The molecule has 0 aromatic heterocycles. The topological polar surface area (TPSA) is 57.2 Å². The third kappa shape index (κ3) is 3.20. The molecule has 0 radical (unpaired) electrons. The molecule has 19 heavy (non-hydrogen) atoms. The van der Waals surface area contributed by atoms with Gasteiger partial charge in [0.1, 0.15) is 10.1 Å². The van der Waals surface area contributed by atoms with Gasteiger partial charge in [0.05, 0.1) is 4.90 Å². The van der Waals surface area contributed by atoms with Crippen LogP contribution in [0, 0.1) is 0 Å². The first-order valence-electron chi connectivity index (χ1n) is 5.98. The molecule has 0 atom stereocenters. The van der Waals surface area contributed by atoms with Crippen molar-refractivity contribution in [2.24, 2.45) is 0 Å². The second-order valence-electron chi connectivity index (χ2n) is 4.22. The van der Waals surface area contributed by atoms with Crippen LogP contribution in [0.5, 0.6) is 0 Å². The van der Waals surface area contributed by atoms with Crippen LogP contribution >= 0.6 is 0 Å². The first-order valence-corrected chi connectivity index (χ1v) is 7.39. The molecular formula is C14H15NaO3S. The molecule has 5 heteroatoms. The van der Waals surface area contributed by atoms with E-state index in [9.17, 15) is 13.0 Å². The molecule has 0 unspecified atom stereocenters. The van der Waals surface area contributed by atoms with Gasteiger partial charge in [-0.2, -0.15) is 0 Å². The number of fused-ring (bicyclic) bond motifs is 1. The van der Waals surface area contributed by atoms with Gasteiger partial charge in [-0.1, -0.05) is 38.1 Å². The minimum atomic E-state index is -4.41. The van der Waals surface area contributed by atoms with E-state index in [1.54, 1.807) is 6.07 Å². The molecule has 96 valence electrons. The van der Waals surface area contributed by atoms with Crippen molar-refractivity contribution >= 4 is 20.9 Å². The zero-order valence-corrected chi connectivity index (χ0v) is 14.3. The molecule has 0 spiro atoms. The van der Waals surface area contributed by atoms with Crippen LogP contribution in [0.25, 0.3) is 10.8 Å². The van der Waals surface area contributed by atoms with Gasteiger partial charge in [-0.05, 0) is 40.8 Å². The van der Waals surface area contributed by atoms with Gasteiger partial charge in [-0.25, -0.2) is 8.42 Å². The van der Waals surface area contributed by atoms with Gasteiger partial charge in [0.2, 0.25) is 0 Å². The van der Waals surface area contributed by atoms with E-state index >= 15 is 0 Å². The molecule has 0 aliphatic rings. The van der Waals surface area contributed by atoms with E-state index in [4.69, 9.17) is 0 Å². The average molecular weight is 286 g/mol. The summed E-state index contributed by atoms with van der Waals surface area (Å²) in [5.74, 6) is 0. The third-order valence-corrected chi connectivity index (χ3v) is 4.15. The maximum Gasteiger partial charge on any atom is 1.00 e. The smallest absolute Gasteiger partial charge is 0.744 e. The van der Waals surface area contributed by atoms with Crippen LogP contribution in [-0.4, -0.2) is 13.0 Å². The van der Waals surface area contributed by atoms with Gasteiger partial charge in [0, 0.05) is 0 Å². The second kappa shape index (κ2) is 6.37. The van der Waals surface area contributed by atoms with Crippen molar-refractivity contribution in [1.82, 2.24) is 0 Å². The Bertz CT molecular complexity index is 693. The normalized spacial score (nSPS) is 11.3. The zero-order chi connectivity index (χ0) is 13.3. The maximum atomic E-state index is 11.3. The molecular weight excluding hydrogens is 271 g/mol. The van der Waals surface area contributed by atoms with Crippen LogP contribution < -0.4 is 29.6 Å². The van der Waals surface area contributed by atoms with Gasteiger partial charge < -0.3 is 4.55 Å². The van der Waals surface area contributed by atoms with Gasteiger partial charge >= 0.3 is 29.6 Å². The summed E-state index contributed by atoms with van der Waals surface area (Å²) in [7, 11) is -4.41. The van der Waals surface area contributed by atoms with E-state index in [0.29, 0.717) is 12.0 Å². The predicted molar refractivity (Wildman–Crippen MR) is 70.7 cm³/mol. The summed E-state index contributed by atoms with van der Waals surface area (Å²) >= 11 is 0. The second-order valence-corrected chi connectivity index (χ2v) is 5.56. The number of rotatable bonds is 3. The van der Waals surface area contributed by atoms with Gasteiger partial charge in [-0.15, -0.1) is 0 Å². The zero-order valence-electron chi connectivity index (χ0n) is 11.4. The van der Waals surface area contributed by atoms with E-state index < -0.39 is 10.1 Å². The summed E-state index contributed by atoms with van der Waals surface area (Å²) in [6, 6.07) is 8.97. The van der Waals surface area contributed by atoms with Crippen LogP contribution in [-0.2, 0) is 23.0 Å². The third-order valence-electron chi connectivity index (χ3n) is 3.22. The monoisotopic (exact) mass is 286 g/mol. The van der Waals surface area contributed by atoms with Gasteiger partial charge in [0.15, 0.2) is 0 Å². The molecule has 0 aliphatic carbocycles. The SMILES string of the molecule is CCc1cccc2c(CC)c(S(=O)(=O)[O-])ccc12.[Na+]. The fourth-order valence-electron chi connectivity index (χ4n) is 2.37. The molecule has 0 saturated carbocycles. The molecule has 2 aromatic rings. The van der Waals surface area contributed by atoms with Crippen molar-refractivity contribution in [3.63, 3.8) is 0 Å². The molecule has 0 amide bonds. The van der Waals surface area contributed by atoms with Crippen molar-refractivity contribution in [3.05, 3.63) is 41.5 Å². The minimum absolute atomic E-state index is 0. The van der Waals surface area contributed by atoms with Crippen LogP contribution in [0.15, 0.2) is 35.2 Å². The first kappa shape index (κ1) is 16.7. The van der Waals surface area contributed by atoms with Crippen molar-refractivity contribution in [3.8, 4) is 0 Å². The molecule has 0 bridgehead atoms. The Morgan fingerprint density at radius 1 is 1.00 bits per heavy atom. The van der Waals surface area contributed by atoms with Gasteiger partial charge in [-0.3, -0.25) is 0 Å². The Kier molecular flexibility index (Phi) is 5.59. The summed E-state index contributed by atoms with van der Waals surface area (Å²) in [6.45, 7) is 3.92. The Morgan fingerprint density at radius 3 is 2.21 bits per heavy atom. The predicted octanol–water partition coefficient (Wildman–Crippen LogP) is -0.127. The first-order chi connectivity index (χ1) is 8.49. The average Bonchev–Trinajstić information content (AvgIpc) is 2.35. The molecule has 2 aromatic carbocycles. The van der Waals surface area contributed by atoms with Crippen LogP contribution in [0.1, 0.15) is 25.0 Å². The molecule has 3 nitrogen and oxygen atoms in total. The van der Waals surface area contributed by atoms with Crippen molar-refractivity contribution in [2.45, 2.75) is 31.6 Å². The fourth-order valence-corrected chi connectivity index (χ4v) is 3.16. The van der Waals surface area contributed by atoms with E-state index in [-0.39, 0.29) is 34.5 Å². The molecule has 0 N–H and O–H groups in total. The van der Waals surface area contributed by atoms with Gasteiger partial charge in [0.25, 0.3) is 0 Å². The molecule has 0 saturated heterocycles. The van der Waals surface area contributed by atoms with E-state index in [1.165, 1.54) is 6.07 Å². The van der Waals surface area contributed by atoms with E-state index in [2.05, 4.69) is 6.92 Å². The summed E-state index contributed by atoms with van der Waals surface area (Å²) in [6.07, 6.45) is 1.41. The Morgan fingerprint density at radius 2 is 1.68 bits per heavy atom. The van der Waals surface area contributed by atoms with Crippen LogP contribution in [0.3, 0.4) is 0 Å². The van der Waals surface area contributed by atoms with Crippen molar-refractivity contribution in [2.75, 3.05) is 0 Å². The Hall–Kier alpha value is -0.390. The number of aryl methyl sites for hydroxylation is 2. The summed E-state index contributed by atoms with van der Waals surface area (Å²) in [5.41, 5.74) is 1.79. The Labute approximate surface area is 136 Å². The molecule has 2 rings (SSSR count). The van der Waals surface area contributed by atoms with E-state index in [0.717, 1.165) is 22.8 Å². The van der Waals surface area contributed by atoms with E-state index in [1.807, 2.05) is 25.1 Å². The summed E-state index contributed by atoms with van der Waals surface area (Å²) in [5, 5.41) is 1.90. The summed E-state index contributed by atoms with van der Waals surface area (Å²) < 4.78 is 33.8. The van der Waals surface area contributed by atoms with Crippen molar-refractivity contribution in [1.29, 1.82) is 0 Å². The standard InChI is InChI=1S/C14H16O3S.Na/c1-3-10-6-5-7-13-11(4-2)14(18(15,16)17)9-8-12(10)13;/h5-9H,3-4H2,1-2H3,(H,15,16,17);/q;+1/p-1. The molecule has 0 fully saturated rings. The van der Waals surface area contributed by atoms with Crippen molar-refractivity contribution < 1.29 is 42.5 Å².